The first kappa shape index (κ1) is 20.1. The molecule has 1 aliphatic rings. The molecule has 0 radical (unpaired) electrons. The van der Waals surface area contributed by atoms with Crippen molar-refractivity contribution in [3.63, 3.8) is 0 Å². The van der Waals surface area contributed by atoms with Crippen molar-refractivity contribution in [2.24, 2.45) is 0 Å². The number of hydrogen-bond acceptors (Lipinski definition) is 3. The molecule has 0 aromatic heterocycles. The average molecular weight is 466 g/mol. The molecule has 0 atom stereocenters. The summed E-state index contributed by atoms with van der Waals surface area (Å²) in [7, 11) is 0. The SMILES string of the molecule is C=CCN1C(=O)N/C(=C/c2cc(Cl)c(OCc3ccc(F)cc3)c(Br)c2)C1=O. The number of benzene rings is 2. The normalized spacial score (nSPS) is 15.1. The van der Waals surface area contributed by atoms with Crippen LogP contribution in [0.4, 0.5) is 9.18 Å². The van der Waals surface area contributed by atoms with Gasteiger partial charge < -0.3 is 10.1 Å². The number of urea groups is 1. The zero-order valence-corrected chi connectivity index (χ0v) is 16.9. The van der Waals surface area contributed by atoms with Crippen LogP contribution in [0.5, 0.6) is 5.75 Å². The van der Waals surface area contributed by atoms with E-state index in [2.05, 4.69) is 27.8 Å². The summed E-state index contributed by atoms with van der Waals surface area (Å²) < 4.78 is 19.3. The zero-order chi connectivity index (χ0) is 20.3. The lowest BCUT2D eigenvalue weighted by Gasteiger charge is -2.11. The largest absolute Gasteiger partial charge is 0.486 e. The monoisotopic (exact) mass is 464 g/mol. The fourth-order valence-corrected chi connectivity index (χ4v) is 3.56. The Morgan fingerprint density at radius 2 is 1.96 bits per heavy atom. The van der Waals surface area contributed by atoms with E-state index < -0.39 is 11.9 Å². The van der Waals surface area contributed by atoms with E-state index in [1.54, 1.807) is 24.3 Å². The van der Waals surface area contributed by atoms with E-state index in [0.717, 1.165) is 10.5 Å². The summed E-state index contributed by atoms with van der Waals surface area (Å²) in [5, 5.41) is 2.84. The predicted octanol–water partition coefficient (Wildman–Crippen LogP) is 4.90. The van der Waals surface area contributed by atoms with Gasteiger partial charge in [-0.15, -0.1) is 6.58 Å². The van der Waals surface area contributed by atoms with Gasteiger partial charge in [0.2, 0.25) is 0 Å². The molecular formula is C20H15BrClFN2O3. The average Bonchev–Trinajstić information content (AvgIpc) is 2.90. The molecule has 3 amide bonds. The molecule has 0 aliphatic carbocycles. The summed E-state index contributed by atoms with van der Waals surface area (Å²) >= 11 is 9.72. The van der Waals surface area contributed by atoms with Gasteiger partial charge >= 0.3 is 6.03 Å². The lowest BCUT2D eigenvalue weighted by molar-refractivity contribution is -0.122. The van der Waals surface area contributed by atoms with Crippen molar-refractivity contribution >= 4 is 45.5 Å². The summed E-state index contributed by atoms with van der Waals surface area (Å²) in [6.45, 7) is 3.87. The van der Waals surface area contributed by atoms with Crippen molar-refractivity contribution in [2.75, 3.05) is 6.54 Å². The molecule has 2 aromatic carbocycles. The van der Waals surface area contributed by atoms with Crippen molar-refractivity contribution in [2.45, 2.75) is 6.61 Å². The molecule has 1 heterocycles. The van der Waals surface area contributed by atoms with Gasteiger partial charge in [-0.25, -0.2) is 9.18 Å². The van der Waals surface area contributed by atoms with E-state index in [-0.39, 0.29) is 24.7 Å². The minimum atomic E-state index is -0.499. The summed E-state index contributed by atoms with van der Waals surface area (Å²) in [5.41, 5.74) is 1.54. The number of carbonyl (C=O) groups excluding carboxylic acids is 2. The van der Waals surface area contributed by atoms with Gasteiger partial charge in [0.1, 0.15) is 18.1 Å². The molecule has 144 valence electrons. The third kappa shape index (κ3) is 4.43. The van der Waals surface area contributed by atoms with Gasteiger partial charge in [-0.2, -0.15) is 0 Å². The maximum atomic E-state index is 13.0. The number of rotatable bonds is 6. The topological polar surface area (TPSA) is 58.6 Å². The molecule has 0 spiro atoms. The van der Waals surface area contributed by atoms with Crippen LogP contribution in [0.3, 0.4) is 0 Å². The molecule has 1 saturated heterocycles. The first-order chi connectivity index (χ1) is 13.4. The first-order valence-electron chi connectivity index (χ1n) is 8.20. The maximum Gasteiger partial charge on any atom is 0.329 e. The maximum absolute atomic E-state index is 13.0. The number of hydrogen-bond donors (Lipinski definition) is 1. The van der Waals surface area contributed by atoms with Gasteiger partial charge in [-0.3, -0.25) is 9.69 Å². The molecule has 5 nitrogen and oxygen atoms in total. The van der Waals surface area contributed by atoms with Crippen LogP contribution in [0.2, 0.25) is 5.02 Å². The van der Waals surface area contributed by atoms with Crippen molar-refractivity contribution < 1.29 is 18.7 Å². The van der Waals surface area contributed by atoms with E-state index in [0.29, 0.717) is 20.8 Å². The minimum Gasteiger partial charge on any atom is -0.486 e. The van der Waals surface area contributed by atoms with E-state index >= 15 is 0 Å². The van der Waals surface area contributed by atoms with Gasteiger partial charge in [0.05, 0.1) is 9.50 Å². The molecule has 28 heavy (non-hydrogen) atoms. The Kier molecular flexibility index (Phi) is 6.16. The molecule has 0 bridgehead atoms. The Morgan fingerprint density at radius 1 is 1.25 bits per heavy atom. The number of ether oxygens (including phenoxy) is 1. The number of halogens is 3. The fourth-order valence-electron chi connectivity index (χ4n) is 2.57. The first-order valence-corrected chi connectivity index (χ1v) is 9.38. The standard InChI is InChI=1S/C20H15BrClFN2O3/c1-2-7-25-19(26)17(24-20(25)27)10-13-8-15(21)18(16(22)9-13)28-11-12-3-5-14(23)6-4-12/h2-6,8-10H,1,7,11H2,(H,24,27)/b17-10+. The molecule has 3 rings (SSSR count). The van der Waals surface area contributed by atoms with Crippen LogP contribution in [0.1, 0.15) is 11.1 Å². The second-order valence-corrected chi connectivity index (χ2v) is 7.18. The van der Waals surface area contributed by atoms with E-state index in [1.165, 1.54) is 24.3 Å². The minimum absolute atomic E-state index is 0.128. The molecule has 8 heteroatoms. The van der Waals surface area contributed by atoms with Gasteiger partial charge in [-0.05, 0) is 57.4 Å². The van der Waals surface area contributed by atoms with Gasteiger partial charge in [-0.1, -0.05) is 29.8 Å². The highest BCUT2D eigenvalue weighted by Gasteiger charge is 2.32. The van der Waals surface area contributed by atoms with Crippen LogP contribution in [-0.2, 0) is 11.4 Å². The lowest BCUT2D eigenvalue weighted by atomic mass is 10.1. The van der Waals surface area contributed by atoms with E-state index in [9.17, 15) is 14.0 Å². The predicted molar refractivity (Wildman–Crippen MR) is 108 cm³/mol. The van der Waals surface area contributed by atoms with Gasteiger partial charge in [0.15, 0.2) is 5.75 Å². The highest BCUT2D eigenvalue weighted by atomic mass is 79.9. The quantitative estimate of drug-likeness (QED) is 0.375. The van der Waals surface area contributed by atoms with Crippen LogP contribution in [0.25, 0.3) is 6.08 Å². The second kappa shape index (κ2) is 8.58. The Bertz CT molecular complexity index is 953. The van der Waals surface area contributed by atoms with Crippen molar-refractivity contribution in [3.8, 4) is 5.75 Å². The number of carbonyl (C=O) groups is 2. The van der Waals surface area contributed by atoms with Gasteiger partial charge in [0.25, 0.3) is 5.91 Å². The number of imide groups is 1. The highest BCUT2D eigenvalue weighted by molar-refractivity contribution is 9.10. The molecule has 1 fully saturated rings. The third-order valence-corrected chi connectivity index (χ3v) is 4.77. The van der Waals surface area contributed by atoms with Crippen LogP contribution in [0.15, 0.2) is 59.2 Å². The van der Waals surface area contributed by atoms with E-state index in [1.807, 2.05) is 0 Å². The molecule has 0 unspecified atom stereocenters. The van der Waals surface area contributed by atoms with E-state index in [4.69, 9.17) is 16.3 Å². The van der Waals surface area contributed by atoms with Crippen LogP contribution >= 0.6 is 27.5 Å². The number of nitrogens with zero attached hydrogens (tertiary/aromatic N) is 1. The summed E-state index contributed by atoms with van der Waals surface area (Å²) in [6.07, 6.45) is 3.00. The zero-order valence-electron chi connectivity index (χ0n) is 14.5. The number of nitrogens with one attached hydrogen (secondary N) is 1. The molecule has 1 N–H and O–H groups in total. The molecule has 2 aromatic rings. The summed E-state index contributed by atoms with van der Waals surface area (Å²) in [5.74, 6) is -0.336. The highest BCUT2D eigenvalue weighted by Crippen LogP contribution is 2.35. The third-order valence-electron chi connectivity index (χ3n) is 3.90. The molecule has 0 saturated carbocycles. The number of amides is 3. The molecule has 1 aliphatic heterocycles. The van der Waals surface area contributed by atoms with Crippen molar-refractivity contribution in [3.05, 3.63) is 81.2 Å². The Hall–Kier alpha value is -2.64. The van der Waals surface area contributed by atoms with Crippen LogP contribution in [0, 0.1) is 5.82 Å². The summed E-state index contributed by atoms with van der Waals surface area (Å²) in [4.78, 5) is 25.1. The smallest absolute Gasteiger partial charge is 0.329 e. The summed E-state index contributed by atoms with van der Waals surface area (Å²) in [6, 6.07) is 8.79. The Balaban J connectivity index is 1.78. The van der Waals surface area contributed by atoms with Crippen LogP contribution < -0.4 is 10.1 Å². The Morgan fingerprint density at radius 3 is 2.61 bits per heavy atom. The lowest BCUT2D eigenvalue weighted by Crippen LogP contribution is -2.30. The van der Waals surface area contributed by atoms with Gasteiger partial charge in [0, 0.05) is 6.54 Å². The molecular weight excluding hydrogens is 451 g/mol. The van der Waals surface area contributed by atoms with Crippen molar-refractivity contribution in [1.82, 2.24) is 10.2 Å². The fraction of sp³-hybridized carbons (Fsp3) is 0.100. The van der Waals surface area contributed by atoms with Crippen LogP contribution in [-0.4, -0.2) is 23.4 Å². The van der Waals surface area contributed by atoms with Crippen molar-refractivity contribution in [1.29, 1.82) is 0 Å². The Labute approximate surface area is 174 Å². The second-order valence-electron chi connectivity index (χ2n) is 5.92.